The molecule has 1 heterocycles. The van der Waals surface area contributed by atoms with Crippen LogP contribution < -0.4 is 17.0 Å². The Morgan fingerprint density at radius 2 is 2.05 bits per heavy atom. The molecule has 0 aliphatic carbocycles. The van der Waals surface area contributed by atoms with Crippen LogP contribution in [0.2, 0.25) is 0 Å². The topological polar surface area (TPSA) is 93.9 Å². The number of benzene rings is 1. The van der Waals surface area contributed by atoms with E-state index in [-0.39, 0.29) is 12.4 Å². The van der Waals surface area contributed by atoms with Crippen LogP contribution >= 0.6 is 0 Å². The zero-order chi connectivity index (χ0) is 14.9. The van der Waals surface area contributed by atoms with Gasteiger partial charge in [-0.2, -0.15) is 0 Å². The fourth-order valence-corrected chi connectivity index (χ4v) is 1.87. The van der Waals surface area contributed by atoms with Crippen LogP contribution in [0.25, 0.3) is 0 Å². The largest absolute Gasteiger partial charge is 0.385 e. The Labute approximate surface area is 113 Å². The number of rotatable bonds is 3. The Morgan fingerprint density at radius 1 is 1.35 bits per heavy atom. The predicted octanol–water partition coefficient (Wildman–Crippen LogP) is 0.314. The molecule has 1 aromatic heterocycles. The maximum Gasteiger partial charge on any atom is 0.332 e. The fourth-order valence-electron chi connectivity index (χ4n) is 1.87. The third-order valence-electron chi connectivity index (χ3n) is 3.02. The summed E-state index contributed by atoms with van der Waals surface area (Å²) < 4.78 is 15.4. The summed E-state index contributed by atoms with van der Waals surface area (Å²) in [6, 6.07) is 5.04. The maximum atomic E-state index is 13.3. The van der Waals surface area contributed by atoms with Crippen molar-refractivity contribution in [1.82, 2.24) is 9.13 Å². The normalized spacial score (nSPS) is 10.5. The quantitative estimate of drug-likeness (QED) is 0.790. The summed E-state index contributed by atoms with van der Waals surface area (Å²) in [5.41, 5.74) is 5.49. The van der Waals surface area contributed by atoms with E-state index in [2.05, 4.69) is 0 Å². The molecule has 0 saturated carbocycles. The summed E-state index contributed by atoms with van der Waals surface area (Å²) in [6.07, 6.45) is 1.07. The van der Waals surface area contributed by atoms with Crippen molar-refractivity contribution in [2.24, 2.45) is 7.05 Å². The van der Waals surface area contributed by atoms with Crippen molar-refractivity contribution in [3.05, 3.63) is 62.0 Å². The molecule has 0 aliphatic rings. The number of hydrogen-bond donors (Lipinski definition) is 2. The lowest BCUT2D eigenvalue weighted by molar-refractivity contribution is 0.617. The Morgan fingerprint density at radius 3 is 2.70 bits per heavy atom. The Bertz CT molecular complexity index is 792. The van der Waals surface area contributed by atoms with Crippen molar-refractivity contribution in [1.29, 1.82) is 5.41 Å². The van der Waals surface area contributed by atoms with Gasteiger partial charge in [0.25, 0.3) is 5.56 Å². The third kappa shape index (κ3) is 2.37. The molecule has 1 aromatic carbocycles. The summed E-state index contributed by atoms with van der Waals surface area (Å²) in [5, 5.41) is 7.28. The van der Waals surface area contributed by atoms with E-state index in [9.17, 15) is 14.0 Å². The highest BCUT2D eigenvalue weighted by Gasteiger charge is 2.10. The first-order valence-electron chi connectivity index (χ1n) is 5.79. The fraction of sp³-hybridized carbons (Fsp3) is 0.154. The van der Waals surface area contributed by atoms with Crippen LogP contribution in [0.5, 0.6) is 0 Å². The van der Waals surface area contributed by atoms with Crippen molar-refractivity contribution >= 4 is 12.0 Å². The number of aromatic nitrogens is 2. The van der Waals surface area contributed by atoms with Crippen LogP contribution in [0.3, 0.4) is 0 Å². The molecule has 0 aliphatic heterocycles. The van der Waals surface area contributed by atoms with Gasteiger partial charge in [0.2, 0.25) is 0 Å². The Balaban J connectivity index is 2.59. The number of nitrogens with zero attached hydrogens (tertiary/aromatic N) is 2. The molecule has 0 amide bonds. The molecule has 0 spiro atoms. The average Bonchev–Trinajstić information content (AvgIpc) is 2.41. The zero-order valence-electron chi connectivity index (χ0n) is 10.8. The monoisotopic (exact) mass is 276 g/mol. The van der Waals surface area contributed by atoms with Gasteiger partial charge < -0.3 is 11.1 Å². The van der Waals surface area contributed by atoms with Gasteiger partial charge in [0.05, 0.1) is 6.54 Å². The third-order valence-corrected chi connectivity index (χ3v) is 3.02. The van der Waals surface area contributed by atoms with Gasteiger partial charge in [0.1, 0.15) is 11.6 Å². The molecule has 0 saturated heterocycles. The maximum absolute atomic E-state index is 13.3. The minimum absolute atomic E-state index is 0.00158. The van der Waals surface area contributed by atoms with Crippen LogP contribution in [0, 0.1) is 11.2 Å². The van der Waals surface area contributed by atoms with E-state index in [0.717, 1.165) is 21.4 Å². The van der Waals surface area contributed by atoms with Gasteiger partial charge in [0.15, 0.2) is 0 Å². The van der Waals surface area contributed by atoms with Crippen molar-refractivity contribution in [3.63, 3.8) is 0 Å². The second kappa shape index (κ2) is 5.12. The molecule has 104 valence electrons. The van der Waals surface area contributed by atoms with Crippen LogP contribution in [0.15, 0.2) is 33.9 Å². The van der Waals surface area contributed by atoms with Crippen LogP contribution in [0.4, 0.5) is 10.2 Å². The lowest BCUT2D eigenvalue weighted by Crippen LogP contribution is -2.39. The van der Waals surface area contributed by atoms with Gasteiger partial charge in [0, 0.05) is 19.3 Å². The summed E-state index contributed by atoms with van der Waals surface area (Å²) in [6.45, 7) is -0.0126. The summed E-state index contributed by atoms with van der Waals surface area (Å²) in [4.78, 5) is 23.4. The molecule has 0 fully saturated rings. The SMILES string of the molecule is Cn1c(=O)cc(N)n(Cc2cc(F)ccc2C=N)c1=O. The van der Waals surface area contributed by atoms with Crippen LogP contribution in [-0.4, -0.2) is 15.3 Å². The van der Waals surface area contributed by atoms with E-state index in [1.807, 2.05) is 0 Å². The summed E-state index contributed by atoms with van der Waals surface area (Å²) in [5.74, 6) is -0.472. The van der Waals surface area contributed by atoms with Crippen LogP contribution in [0.1, 0.15) is 11.1 Å². The minimum Gasteiger partial charge on any atom is -0.385 e. The van der Waals surface area contributed by atoms with E-state index in [0.29, 0.717) is 11.1 Å². The van der Waals surface area contributed by atoms with Gasteiger partial charge in [-0.25, -0.2) is 9.18 Å². The molecule has 0 unspecified atom stereocenters. The van der Waals surface area contributed by atoms with Gasteiger partial charge >= 0.3 is 5.69 Å². The molecule has 20 heavy (non-hydrogen) atoms. The number of nitrogens with one attached hydrogen (secondary N) is 1. The second-order valence-corrected chi connectivity index (χ2v) is 4.32. The van der Waals surface area contributed by atoms with E-state index in [4.69, 9.17) is 11.1 Å². The number of nitrogens with two attached hydrogens (primary N) is 1. The van der Waals surface area contributed by atoms with Gasteiger partial charge in [-0.05, 0) is 23.3 Å². The van der Waals surface area contributed by atoms with Crippen molar-refractivity contribution in [2.75, 3.05) is 5.73 Å². The molecule has 3 N–H and O–H groups in total. The van der Waals surface area contributed by atoms with Crippen molar-refractivity contribution < 1.29 is 4.39 Å². The van der Waals surface area contributed by atoms with Crippen LogP contribution in [-0.2, 0) is 13.6 Å². The standard InChI is InChI=1S/C13H13FN4O2/c1-17-12(19)5-11(16)18(13(17)20)7-9-4-10(14)3-2-8(9)6-15/h2-6,15H,7,16H2,1H3. The number of anilines is 1. The number of halogens is 1. The predicted molar refractivity (Wildman–Crippen MR) is 73.7 cm³/mol. The molecule has 2 rings (SSSR count). The highest BCUT2D eigenvalue weighted by Crippen LogP contribution is 2.11. The van der Waals surface area contributed by atoms with Crippen molar-refractivity contribution in [3.8, 4) is 0 Å². The van der Waals surface area contributed by atoms with E-state index < -0.39 is 17.1 Å². The molecule has 6 nitrogen and oxygen atoms in total. The Kier molecular flexibility index (Phi) is 3.51. The highest BCUT2D eigenvalue weighted by atomic mass is 19.1. The molecule has 0 atom stereocenters. The summed E-state index contributed by atoms with van der Waals surface area (Å²) >= 11 is 0. The van der Waals surface area contributed by atoms with E-state index in [1.54, 1.807) is 0 Å². The first kappa shape index (κ1) is 13.7. The first-order valence-corrected chi connectivity index (χ1v) is 5.79. The molecule has 2 aromatic rings. The van der Waals surface area contributed by atoms with E-state index >= 15 is 0 Å². The van der Waals surface area contributed by atoms with Gasteiger partial charge in [-0.3, -0.25) is 13.9 Å². The smallest absolute Gasteiger partial charge is 0.332 e. The average molecular weight is 276 g/mol. The molecule has 0 radical (unpaired) electrons. The molecular weight excluding hydrogens is 263 g/mol. The Hall–Kier alpha value is -2.70. The highest BCUT2D eigenvalue weighted by molar-refractivity contribution is 5.79. The lowest BCUT2D eigenvalue weighted by Gasteiger charge is -2.12. The lowest BCUT2D eigenvalue weighted by atomic mass is 10.1. The van der Waals surface area contributed by atoms with E-state index in [1.165, 1.54) is 25.2 Å². The summed E-state index contributed by atoms with van der Waals surface area (Å²) in [7, 11) is 1.34. The molecule has 0 bridgehead atoms. The van der Waals surface area contributed by atoms with Gasteiger partial charge in [-0.15, -0.1) is 0 Å². The van der Waals surface area contributed by atoms with Gasteiger partial charge in [-0.1, -0.05) is 6.07 Å². The minimum atomic E-state index is -0.588. The number of nitrogen functional groups attached to an aromatic ring is 1. The number of hydrogen-bond acceptors (Lipinski definition) is 4. The second-order valence-electron chi connectivity index (χ2n) is 4.32. The van der Waals surface area contributed by atoms with Crippen molar-refractivity contribution in [2.45, 2.75) is 6.54 Å². The molecular formula is C13H13FN4O2. The molecule has 7 heteroatoms. The zero-order valence-corrected chi connectivity index (χ0v) is 10.8. The first-order chi connectivity index (χ1) is 9.43.